The highest BCUT2D eigenvalue weighted by molar-refractivity contribution is 6.00. The van der Waals surface area contributed by atoms with Gasteiger partial charge in [-0.3, -0.25) is 9.59 Å². The maximum absolute atomic E-state index is 13.1. The molecule has 3 heterocycles. The standard InChI is InChI=1S/C23H31N7O3/c1-15(14-31)12-25-22(32)17-13-26-30-20(24-2)11-19(28-21(17)30)27-18-9-6-10-29(23(18)33)16-7-4-3-5-8-16/h6,9-11,13,15-16,24,31H,3-5,7-8,12,14H2,1-2H3,(H,25,32)(H,27,28)/t15-/m1/s1. The van der Waals surface area contributed by atoms with Crippen molar-refractivity contribution in [1.29, 1.82) is 0 Å². The molecule has 3 aromatic rings. The van der Waals surface area contributed by atoms with Crippen molar-refractivity contribution in [2.75, 3.05) is 30.8 Å². The summed E-state index contributed by atoms with van der Waals surface area (Å²) in [6.45, 7) is 2.17. The third-order valence-corrected chi connectivity index (χ3v) is 6.10. The molecule has 0 bridgehead atoms. The Morgan fingerprint density at radius 2 is 2.09 bits per heavy atom. The predicted octanol–water partition coefficient (Wildman–Crippen LogP) is 2.54. The molecule has 1 atom stereocenters. The first-order chi connectivity index (χ1) is 16.0. The maximum Gasteiger partial charge on any atom is 0.274 e. The van der Waals surface area contributed by atoms with Gasteiger partial charge < -0.3 is 25.6 Å². The number of hydrogen-bond donors (Lipinski definition) is 4. The molecule has 4 rings (SSSR count). The van der Waals surface area contributed by atoms with Crippen LogP contribution < -0.4 is 21.5 Å². The van der Waals surface area contributed by atoms with Crippen molar-refractivity contribution in [3.63, 3.8) is 0 Å². The number of anilines is 3. The molecule has 0 radical (unpaired) electrons. The summed E-state index contributed by atoms with van der Waals surface area (Å²) < 4.78 is 3.36. The number of fused-ring (bicyclic) bond motifs is 1. The van der Waals surface area contributed by atoms with Crippen molar-refractivity contribution < 1.29 is 9.90 Å². The predicted molar refractivity (Wildman–Crippen MR) is 127 cm³/mol. The van der Waals surface area contributed by atoms with Crippen molar-refractivity contribution in [3.05, 3.63) is 46.5 Å². The molecule has 10 heteroatoms. The molecular formula is C23H31N7O3. The van der Waals surface area contributed by atoms with Crippen molar-refractivity contribution in [2.45, 2.75) is 45.1 Å². The van der Waals surface area contributed by atoms with Crippen molar-refractivity contribution >= 4 is 28.9 Å². The van der Waals surface area contributed by atoms with Crippen molar-refractivity contribution in [1.82, 2.24) is 24.5 Å². The lowest BCUT2D eigenvalue weighted by Crippen LogP contribution is -2.29. The number of aliphatic hydroxyl groups excluding tert-OH is 1. The van der Waals surface area contributed by atoms with E-state index in [0.717, 1.165) is 25.7 Å². The molecule has 0 saturated heterocycles. The molecule has 0 unspecified atom stereocenters. The van der Waals surface area contributed by atoms with Gasteiger partial charge in [0.2, 0.25) is 0 Å². The second-order valence-corrected chi connectivity index (χ2v) is 8.62. The highest BCUT2D eigenvalue weighted by Crippen LogP contribution is 2.27. The second kappa shape index (κ2) is 10.0. The Morgan fingerprint density at radius 1 is 1.30 bits per heavy atom. The third kappa shape index (κ3) is 4.85. The number of pyridine rings is 1. The van der Waals surface area contributed by atoms with Gasteiger partial charge in [0.15, 0.2) is 5.65 Å². The number of hydrogen-bond acceptors (Lipinski definition) is 7. The summed E-state index contributed by atoms with van der Waals surface area (Å²) in [5.74, 6) is 0.673. The van der Waals surface area contributed by atoms with E-state index in [0.29, 0.717) is 35.1 Å². The Balaban J connectivity index is 1.65. The molecule has 1 aliphatic carbocycles. The number of aliphatic hydroxyl groups is 1. The normalized spacial score (nSPS) is 15.4. The van der Waals surface area contributed by atoms with Crippen LogP contribution in [0.1, 0.15) is 55.4 Å². The Labute approximate surface area is 192 Å². The van der Waals surface area contributed by atoms with Gasteiger partial charge in [0.1, 0.15) is 22.9 Å². The number of rotatable bonds is 8. The minimum atomic E-state index is -0.323. The average Bonchev–Trinajstić information content (AvgIpc) is 3.27. The van der Waals surface area contributed by atoms with Crippen LogP contribution in [-0.4, -0.2) is 50.4 Å². The summed E-state index contributed by atoms with van der Waals surface area (Å²) in [5.41, 5.74) is 1.03. The van der Waals surface area contributed by atoms with E-state index < -0.39 is 0 Å². The van der Waals surface area contributed by atoms with E-state index in [4.69, 9.17) is 0 Å². The molecule has 33 heavy (non-hydrogen) atoms. The molecule has 1 amide bonds. The van der Waals surface area contributed by atoms with Crippen LogP contribution in [0.15, 0.2) is 35.4 Å². The summed E-state index contributed by atoms with van der Waals surface area (Å²) >= 11 is 0. The van der Waals surface area contributed by atoms with Gasteiger partial charge in [-0.2, -0.15) is 9.61 Å². The van der Waals surface area contributed by atoms with Gasteiger partial charge in [0.25, 0.3) is 11.5 Å². The monoisotopic (exact) mass is 453 g/mol. The van der Waals surface area contributed by atoms with Gasteiger partial charge >= 0.3 is 0 Å². The Morgan fingerprint density at radius 3 is 2.82 bits per heavy atom. The number of nitrogens with zero attached hydrogens (tertiary/aromatic N) is 4. The van der Waals surface area contributed by atoms with Gasteiger partial charge in [0, 0.05) is 38.5 Å². The molecule has 1 fully saturated rings. The first-order valence-corrected chi connectivity index (χ1v) is 11.5. The van der Waals surface area contributed by atoms with Crippen LogP contribution in [0.25, 0.3) is 5.65 Å². The number of aromatic nitrogens is 4. The van der Waals surface area contributed by atoms with Gasteiger partial charge in [-0.05, 0) is 30.9 Å². The van der Waals surface area contributed by atoms with E-state index in [2.05, 4.69) is 26.0 Å². The first-order valence-electron chi connectivity index (χ1n) is 11.5. The lowest BCUT2D eigenvalue weighted by Gasteiger charge is -2.24. The van der Waals surface area contributed by atoms with E-state index in [1.54, 1.807) is 23.7 Å². The molecule has 1 saturated carbocycles. The smallest absolute Gasteiger partial charge is 0.274 e. The summed E-state index contributed by atoms with van der Waals surface area (Å²) in [6.07, 6.45) is 8.85. The number of nitrogens with one attached hydrogen (secondary N) is 3. The zero-order chi connectivity index (χ0) is 23.4. The Kier molecular flexibility index (Phi) is 6.93. The molecule has 1 aliphatic rings. The first kappa shape index (κ1) is 22.8. The van der Waals surface area contributed by atoms with Gasteiger partial charge in [-0.25, -0.2) is 4.98 Å². The fourth-order valence-electron chi connectivity index (χ4n) is 4.18. The zero-order valence-corrected chi connectivity index (χ0v) is 19.0. The maximum atomic E-state index is 13.1. The molecular weight excluding hydrogens is 422 g/mol. The van der Waals surface area contributed by atoms with Crippen LogP contribution in [0.4, 0.5) is 17.3 Å². The number of carbonyl (C=O) groups is 1. The number of amides is 1. The van der Waals surface area contributed by atoms with Gasteiger partial charge in [-0.1, -0.05) is 26.2 Å². The SMILES string of the molecule is CNc1cc(Nc2cccn(C3CCCCC3)c2=O)nc2c(C(=O)NC[C@@H](C)CO)cnn12. The highest BCUT2D eigenvalue weighted by atomic mass is 16.3. The quantitative estimate of drug-likeness (QED) is 0.413. The lowest BCUT2D eigenvalue weighted by molar-refractivity contribution is 0.0943. The minimum Gasteiger partial charge on any atom is -0.396 e. The van der Waals surface area contributed by atoms with Crippen LogP contribution in [0.5, 0.6) is 0 Å². The molecule has 4 N–H and O–H groups in total. The fourth-order valence-corrected chi connectivity index (χ4v) is 4.18. The van der Waals surface area contributed by atoms with Crippen LogP contribution in [0.2, 0.25) is 0 Å². The van der Waals surface area contributed by atoms with Crippen LogP contribution in [0, 0.1) is 5.92 Å². The summed E-state index contributed by atoms with van der Waals surface area (Å²) in [6, 6.07) is 5.58. The molecule has 0 spiro atoms. The lowest BCUT2D eigenvalue weighted by atomic mass is 9.95. The Bertz CT molecular complexity index is 1180. The average molecular weight is 454 g/mol. The van der Waals surface area contributed by atoms with E-state index in [-0.39, 0.29) is 30.0 Å². The van der Waals surface area contributed by atoms with E-state index in [1.165, 1.54) is 12.6 Å². The van der Waals surface area contributed by atoms with Crippen molar-refractivity contribution in [2.24, 2.45) is 5.92 Å². The largest absolute Gasteiger partial charge is 0.396 e. The summed E-state index contributed by atoms with van der Waals surface area (Å²) in [4.78, 5) is 30.4. The van der Waals surface area contributed by atoms with E-state index in [1.807, 2.05) is 23.8 Å². The van der Waals surface area contributed by atoms with Gasteiger partial charge in [0.05, 0.1) is 6.20 Å². The second-order valence-electron chi connectivity index (χ2n) is 8.62. The summed E-state index contributed by atoms with van der Waals surface area (Å²) in [5, 5.41) is 22.5. The molecule has 0 aliphatic heterocycles. The summed E-state index contributed by atoms with van der Waals surface area (Å²) in [7, 11) is 1.75. The molecule has 10 nitrogen and oxygen atoms in total. The molecule has 0 aromatic carbocycles. The third-order valence-electron chi connectivity index (χ3n) is 6.10. The van der Waals surface area contributed by atoms with Gasteiger partial charge in [-0.15, -0.1) is 0 Å². The minimum absolute atomic E-state index is 0.0132. The van der Waals surface area contributed by atoms with Crippen LogP contribution >= 0.6 is 0 Å². The zero-order valence-electron chi connectivity index (χ0n) is 19.0. The van der Waals surface area contributed by atoms with Crippen LogP contribution in [-0.2, 0) is 0 Å². The topological polar surface area (TPSA) is 126 Å². The molecule has 176 valence electrons. The van der Waals surface area contributed by atoms with E-state index >= 15 is 0 Å². The Hall–Kier alpha value is -3.40. The fraction of sp³-hybridized carbons (Fsp3) is 0.478. The van der Waals surface area contributed by atoms with E-state index in [9.17, 15) is 14.7 Å². The van der Waals surface area contributed by atoms with Crippen molar-refractivity contribution in [3.8, 4) is 0 Å². The van der Waals surface area contributed by atoms with Crippen LogP contribution in [0.3, 0.4) is 0 Å². The number of carbonyl (C=O) groups excluding carboxylic acids is 1. The highest BCUT2D eigenvalue weighted by Gasteiger charge is 2.20. The molecule has 3 aromatic heterocycles.